The van der Waals surface area contributed by atoms with Crippen LogP contribution in [0.5, 0.6) is 5.75 Å². The summed E-state index contributed by atoms with van der Waals surface area (Å²) in [6.45, 7) is 3.08. The maximum absolute atomic E-state index is 13.3. The number of carbonyl (C=O) groups excluding carboxylic acids is 2. The number of unbranched alkanes of at least 4 members (excludes halogenated alkanes) is 11. The number of hydrogen-bond donors (Lipinski definition) is 1. The average Bonchev–Trinajstić information content (AvgIpc) is 3.66. The number of para-hydroxylation sites is 1. The molecule has 5 rings (SSSR count). The summed E-state index contributed by atoms with van der Waals surface area (Å²) in [7, 11) is 1.57. The maximum Gasteiger partial charge on any atom is 0.286 e. The smallest absolute Gasteiger partial charge is 0.286 e. The lowest BCUT2D eigenvalue weighted by Crippen LogP contribution is -2.27. The number of hydrogen-bond acceptors (Lipinski definition) is 5. The summed E-state index contributed by atoms with van der Waals surface area (Å²) >= 11 is 0. The lowest BCUT2D eigenvalue weighted by atomic mass is 9.95. The first-order valence-electron chi connectivity index (χ1n) is 15.5. The topological polar surface area (TPSA) is 84.9 Å². The maximum atomic E-state index is 13.3. The molecule has 0 spiro atoms. The molecule has 4 aromatic rings. The molecule has 222 valence electrons. The van der Waals surface area contributed by atoms with Gasteiger partial charge in [0.25, 0.3) is 11.8 Å². The van der Waals surface area contributed by atoms with Crippen molar-refractivity contribution >= 4 is 44.8 Å². The Morgan fingerprint density at radius 3 is 2.05 bits per heavy atom. The fourth-order valence-electron chi connectivity index (χ4n) is 6.10. The summed E-state index contributed by atoms with van der Waals surface area (Å²) in [5, 5.41) is 12.2. The van der Waals surface area contributed by atoms with Crippen LogP contribution < -0.4 is 4.74 Å². The summed E-state index contributed by atoms with van der Waals surface area (Å²) < 4.78 is 13.3. The van der Waals surface area contributed by atoms with E-state index in [1.54, 1.807) is 25.3 Å². The normalized spacial score (nSPS) is 13.8. The molecule has 1 aliphatic rings. The van der Waals surface area contributed by atoms with Crippen LogP contribution in [-0.4, -0.2) is 33.8 Å². The molecule has 7 heteroatoms. The summed E-state index contributed by atoms with van der Waals surface area (Å²) in [5.74, 6) is -0.900. The third-order valence-corrected chi connectivity index (χ3v) is 8.42. The Balaban J connectivity index is 1.32. The Morgan fingerprint density at radius 1 is 0.762 bits per heavy atom. The van der Waals surface area contributed by atoms with Gasteiger partial charge in [0.05, 0.1) is 24.5 Å². The van der Waals surface area contributed by atoms with E-state index in [9.17, 15) is 14.8 Å². The molecule has 1 N–H and O–H groups in total. The van der Waals surface area contributed by atoms with Crippen molar-refractivity contribution in [1.29, 1.82) is 0 Å². The molecule has 1 aliphatic heterocycles. The minimum atomic E-state index is -0.765. The molecule has 0 atom stereocenters. The number of carbonyl (C=O) groups is 2. The average molecular weight is 571 g/mol. The van der Waals surface area contributed by atoms with Gasteiger partial charge in [-0.25, -0.2) is 0 Å². The predicted molar refractivity (Wildman–Crippen MR) is 166 cm³/mol. The van der Waals surface area contributed by atoms with Crippen LogP contribution in [-0.2, 0) is 16.1 Å². The number of nitrogens with zero attached hydrogens (tertiary/aromatic N) is 2. The van der Waals surface area contributed by atoms with Gasteiger partial charge in [-0.15, -0.1) is 5.06 Å². The zero-order valence-corrected chi connectivity index (χ0v) is 24.9. The molecular weight excluding hydrogens is 528 g/mol. The van der Waals surface area contributed by atoms with Crippen molar-refractivity contribution in [3.8, 4) is 5.75 Å². The number of imide groups is 1. The second kappa shape index (κ2) is 13.9. The molecule has 2 amide bonds. The first-order chi connectivity index (χ1) is 20.5. The van der Waals surface area contributed by atoms with Crippen LogP contribution >= 0.6 is 0 Å². The molecule has 0 aliphatic carbocycles. The Hall–Kier alpha value is -3.84. The van der Waals surface area contributed by atoms with Gasteiger partial charge in [0.1, 0.15) is 11.3 Å². The highest BCUT2D eigenvalue weighted by atomic mass is 16.5. The number of aryl methyl sites for hydroxylation is 1. The molecule has 42 heavy (non-hydrogen) atoms. The quantitative estimate of drug-likeness (QED) is 0.0827. The minimum absolute atomic E-state index is 0.128. The number of ether oxygens (including phenoxy) is 1. The van der Waals surface area contributed by atoms with Gasteiger partial charge in [0, 0.05) is 40.2 Å². The Labute approximate surface area is 247 Å². The second-order valence-corrected chi connectivity index (χ2v) is 11.3. The van der Waals surface area contributed by atoms with Gasteiger partial charge in [-0.2, -0.15) is 0 Å². The molecule has 2 aromatic carbocycles. The van der Waals surface area contributed by atoms with Crippen LogP contribution in [0.4, 0.5) is 0 Å². The molecular formula is C35H42N2O5. The number of fused-ring (bicyclic) bond motifs is 2. The fourth-order valence-corrected chi connectivity index (χ4v) is 6.10. The fraction of sp³-hybridized carbons (Fsp3) is 0.429. The molecule has 0 saturated carbocycles. The van der Waals surface area contributed by atoms with E-state index in [-0.39, 0.29) is 16.2 Å². The van der Waals surface area contributed by atoms with Crippen LogP contribution in [0.1, 0.15) is 95.1 Å². The highest BCUT2D eigenvalue weighted by Gasteiger charge is 2.41. The zero-order valence-electron chi connectivity index (χ0n) is 24.9. The number of aromatic nitrogens is 1. The highest BCUT2D eigenvalue weighted by Crippen LogP contribution is 2.41. The molecule has 0 bridgehead atoms. The van der Waals surface area contributed by atoms with E-state index >= 15 is 0 Å². The van der Waals surface area contributed by atoms with Crippen molar-refractivity contribution in [1.82, 2.24) is 9.63 Å². The number of methoxy groups -OCH3 is 1. The largest absolute Gasteiger partial charge is 0.497 e. The number of furan rings is 1. The van der Waals surface area contributed by atoms with Gasteiger partial charge in [0.2, 0.25) is 0 Å². The molecule has 0 unspecified atom stereocenters. The SMILES string of the molecule is CCCCCCCCCCCCCCn1cc(C2=C(c3coc4ccc(OC)cc34)C(=O)N(O)C2=O)c2ccccc21. The standard InChI is InChI=1S/C35H42N2O5/c1-3-4-5-6-7-8-9-10-11-12-13-16-21-36-23-28(26-17-14-15-18-30(26)36)32-33(35(39)37(40)34(32)38)29-24-42-31-20-19-25(41-2)22-27(29)31/h14-15,17-20,22-24,40H,3-13,16,21H2,1-2H3. The first kappa shape index (κ1) is 29.6. The predicted octanol–water partition coefficient (Wildman–Crippen LogP) is 8.77. The van der Waals surface area contributed by atoms with Crippen LogP contribution in [0.2, 0.25) is 0 Å². The first-order valence-corrected chi connectivity index (χ1v) is 15.5. The van der Waals surface area contributed by atoms with Crippen molar-refractivity contribution < 1.29 is 24.0 Å². The molecule has 3 heterocycles. The van der Waals surface area contributed by atoms with Crippen molar-refractivity contribution in [2.24, 2.45) is 0 Å². The van der Waals surface area contributed by atoms with E-state index in [2.05, 4.69) is 11.5 Å². The third kappa shape index (κ3) is 6.16. The van der Waals surface area contributed by atoms with Crippen molar-refractivity contribution in [3.63, 3.8) is 0 Å². The molecule has 2 aromatic heterocycles. The summed E-state index contributed by atoms with van der Waals surface area (Å²) in [5.41, 5.74) is 2.94. The molecule has 0 radical (unpaired) electrons. The number of rotatable bonds is 16. The van der Waals surface area contributed by atoms with Crippen LogP contribution in [0, 0.1) is 0 Å². The highest BCUT2D eigenvalue weighted by molar-refractivity contribution is 6.50. The van der Waals surface area contributed by atoms with Crippen molar-refractivity contribution in [3.05, 3.63) is 66.1 Å². The summed E-state index contributed by atoms with van der Waals surface area (Å²) in [6.07, 6.45) is 18.9. The lowest BCUT2D eigenvalue weighted by Gasteiger charge is -2.06. The number of amides is 2. The minimum Gasteiger partial charge on any atom is -0.497 e. The van der Waals surface area contributed by atoms with Crippen LogP contribution in [0.25, 0.3) is 33.0 Å². The van der Waals surface area contributed by atoms with E-state index < -0.39 is 11.8 Å². The Bertz CT molecular complexity index is 1580. The van der Waals surface area contributed by atoms with Gasteiger partial charge in [-0.05, 0) is 30.7 Å². The zero-order chi connectivity index (χ0) is 29.5. The van der Waals surface area contributed by atoms with Gasteiger partial charge in [-0.1, -0.05) is 95.8 Å². The van der Waals surface area contributed by atoms with Crippen LogP contribution in [0.15, 0.2) is 59.3 Å². The second-order valence-electron chi connectivity index (χ2n) is 11.3. The van der Waals surface area contributed by atoms with E-state index in [1.807, 2.05) is 30.5 Å². The van der Waals surface area contributed by atoms with Gasteiger partial charge < -0.3 is 13.7 Å². The monoisotopic (exact) mass is 570 g/mol. The van der Waals surface area contributed by atoms with Crippen molar-refractivity contribution in [2.45, 2.75) is 90.5 Å². The molecule has 0 fully saturated rings. The Morgan fingerprint density at radius 2 is 1.38 bits per heavy atom. The van der Waals surface area contributed by atoms with Gasteiger partial charge in [-0.3, -0.25) is 14.8 Å². The summed E-state index contributed by atoms with van der Waals surface area (Å²) in [4.78, 5) is 26.6. The van der Waals surface area contributed by atoms with Crippen LogP contribution in [0.3, 0.4) is 0 Å². The van der Waals surface area contributed by atoms with E-state index in [4.69, 9.17) is 9.15 Å². The molecule has 7 nitrogen and oxygen atoms in total. The van der Waals surface area contributed by atoms with Gasteiger partial charge >= 0.3 is 0 Å². The number of benzene rings is 2. The molecule has 0 saturated heterocycles. The lowest BCUT2D eigenvalue weighted by molar-refractivity contribution is -0.168. The van der Waals surface area contributed by atoms with E-state index in [0.717, 1.165) is 30.3 Å². The number of hydroxylamine groups is 2. The third-order valence-electron chi connectivity index (χ3n) is 8.42. The van der Waals surface area contributed by atoms with E-state index in [1.165, 1.54) is 70.5 Å². The van der Waals surface area contributed by atoms with Crippen molar-refractivity contribution in [2.75, 3.05) is 7.11 Å². The van der Waals surface area contributed by atoms with Gasteiger partial charge in [0.15, 0.2) is 0 Å². The summed E-state index contributed by atoms with van der Waals surface area (Å²) in [6, 6.07) is 13.2. The van der Waals surface area contributed by atoms with E-state index in [0.29, 0.717) is 27.8 Å². The Kier molecular flexibility index (Phi) is 9.80.